The number of H-pyrrole nitrogens is 1. The van der Waals surface area contributed by atoms with Gasteiger partial charge in [0.1, 0.15) is 16.2 Å². The number of amides is 1. The van der Waals surface area contributed by atoms with Crippen molar-refractivity contribution < 1.29 is 14.3 Å². The maximum absolute atomic E-state index is 13.2. The molecule has 34 heavy (non-hydrogen) atoms. The molecule has 0 unspecified atom stereocenters. The number of likely N-dealkylation sites (tertiary alicyclic amines) is 1. The van der Waals surface area contributed by atoms with Crippen LogP contribution in [0.15, 0.2) is 24.3 Å². The molecule has 2 aliphatic heterocycles. The summed E-state index contributed by atoms with van der Waals surface area (Å²) in [4.78, 5) is 29.9. The van der Waals surface area contributed by atoms with E-state index in [1.165, 1.54) is 11.3 Å². The van der Waals surface area contributed by atoms with Gasteiger partial charge in [0.25, 0.3) is 5.91 Å². The Bertz CT molecular complexity index is 1410. The van der Waals surface area contributed by atoms with E-state index in [-0.39, 0.29) is 11.7 Å². The van der Waals surface area contributed by atoms with Gasteiger partial charge in [0.15, 0.2) is 11.6 Å². The lowest BCUT2D eigenvalue weighted by atomic mass is 9.82. The zero-order valence-corrected chi connectivity index (χ0v) is 19.7. The molecule has 10 nitrogen and oxygen atoms in total. The average Bonchev–Trinajstić information content (AvgIpc) is 3.58. The van der Waals surface area contributed by atoms with Crippen molar-refractivity contribution in [2.75, 3.05) is 13.1 Å². The van der Waals surface area contributed by atoms with Gasteiger partial charge in [-0.15, -0.1) is 16.4 Å². The molecule has 0 radical (unpaired) electrons. The number of tetrazole rings is 1. The molecule has 174 valence electrons. The largest absolute Gasteiger partial charge is 0.486 e. The number of ether oxygens (including phenoxy) is 1. The molecule has 1 saturated heterocycles. The third kappa shape index (κ3) is 3.30. The maximum atomic E-state index is 13.2. The number of benzene rings is 1. The molecule has 1 N–H and O–H groups in total. The van der Waals surface area contributed by atoms with Crippen LogP contribution in [0, 0.1) is 6.92 Å². The van der Waals surface area contributed by atoms with E-state index in [4.69, 9.17) is 4.74 Å². The lowest BCUT2D eigenvalue weighted by Gasteiger charge is -2.43. The molecule has 11 heteroatoms. The van der Waals surface area contributed by atoms with Crippen molar-refractivity contribution in [1.82, 2.24) is 35.3 Å². The van der Waals surface area contributed by atoms with E-state index in [2.05, 4.69) is 25.7 Å². The first-order valence-corrected chi connectivity index (χ1v) is 12.1. The molecule has 1 spiro atoms. The molecule has 4 aromatic rings. The quantitative estimate of drug-likeness (QED) is 0.481. The van der Waals surface area contributed by atoms with E-state index in [0.29, 0.717) is 49.5 Å². The number of aromatic nitrogens is 6. The van der Waals surface area contributed by atoms with Crippen LogP contribution in [0.4, 0.5) is 0 Å². The molecule has 2 aliphatic rings. The zero-order valence-electron chi connectivity index (χ0n) is 18.9. The van der Waals surface area contributed by atoms with Gasteiger partial charge in [-0.05, 0) is 48.5 Å². The number of carbonyl (C=O) groups excluding carboxylic acids is 2. The fourth-order valence-corrected chi connectivity index (χ4v) is 6.10. The number of carbonyl (C=O) groups is 2. The van der Waals surface area contributed by atoms with Crippen molar-refractivity contribution in [2.45, 2.75) is 45.3 Å². The van der Waals surface area contributed by atoms with Gasteiger partial charge in [0.2, 0.25) is 0 Å². The SMILES string of the molecule is CCn1nc(C)c2cc(C(=O)N3CCC4(CC3)CC(=O)c3cc(-c5nnn[nH]5)ccc3O4)sc21. The zero-order chi connectivity index (χ0) is 23.4. The summed E-state index contributed by atoms with van der Waals surface area (Å²) < 4.78 is 8.33. The summed E-state index contributed by atoms with van der Waals surface area (Å²) in [6.45, 7) is 5.90. The second-order valence-electron chi connectivity index (χ2n) is 8.87. The number of hydrogen-bond acceptors (Lipinski definition) is 8. The number of nitrogens with one attached hydrogen (secondary N) is 1. The van der Waals surface area contributed by atoms with Gasteiger partial charge >= 0.3 is 0 Å². The van der Waals surface area contributed by atoms with Gasteiger partial charge in [-0.2, -0.15) is 5.10 Å². The molecule has 1 fully saturated rings. The fourth-order valence-electron chi connectivity index (χ4n) is 4.91. The summed E-state index contributed by atoms with van der Waals surface area (Å²) in [6.07, 6.45) is 1.53. The van der Waals surface area contributed by atoms with E-state index in [1.54, 1.807) is 12.1 Å². The van der Waals surface area contributed by atoms with Gasteiger partial charge in [-0.1, -0.05) is 0 Å². The highest BCUT2D eigenvalue weighted by molar-refractivity contribution is 7.20. The number of ketones is 1. The van der Waals surface area contributed by atoms with Gasteiger partial charge < -0.3 is 9.64 Å². The minimum atomic E-state index is -0.574. The first-order chi connectivity index (χ1) is 16.5. The van der Waals surface area contributed by atoms with E-state index in [0.717, 1.165) is 32.9 Å². The number of Topliss-reactive ketones (excluding diaryl/α,β-unsaturated/α-hetero) is 1. The number of fused-ring (bicyclic) bond motifs is 2. The Kier molecular flexibility index (Phi) is 4.76. The van der Waals surface area contributed by atoms with Crippen LogP contribution < -0.4 is 4.74 Å². The molecule has 0 saturated carbocycles. The summed E-state index contributed by atoms with van der Waals surface area (Å²) in [6, 6.07) is 7.37. The maximum Gasteiger partial charge on any atom is 0.264 e. The molecule has 0 aliphatic carbocycles. The first-order valence-electron chi connectivity index (χ1n) is 11.3. The van der Waals surface area contributed by atoms with Crippen LogP contribution in [0.25, 0.3) is 21.6 Å². The van der Waals surface area contributed by atoms with Crippen LogP contribution in [0.3, 0.4) is 0 Å². The number of rotatable bonds is 3. The second-order valence-corrected chi connectivity index (χ2v) is 9.90. The topological polar surface area (TPSA) is 119 Å². The van der Waals surface area contributed by atoms with Crippen molar-refractivity contribution in [3.05, 3.63) is 40.4 Å². The molecule has 5 heterocycles. The Balaban J connectivity index is 1.18. The normalized spacial score (nSPS) is 17.2. The Hall–Kier alpha value is -3.60. The number of hydrogen-bond donors (Lipinski definition) is 1. The molecule has 1 aromatic carbocycles. The monoisotopic (exact) mass is 477 g/mol. The minimum absolute atomic E-state index is 0.0333. The van der Waals surface area contributed by atoms with Crippen LogP contribution in [0.2, 0.25) is 0 Å². The average molecular weight is 478 g/mol. The molecule has 0 bridgehead atoms. The summed E-state index contributed by atoms with van der Waals surface area (Å²) in [7, 11) is 0. The standard InChI is InChI=1S/C23H23N7O3S/c1-3-30-22-15(13(2)26-30)11-19(34-22)21(32)29-8-6-23(7-9-29)12-17(31)16-10-14(4-5-18(16)33-23)20-24-27-28-25-20/h4-5,10-11H,3,6-9,12H2,1-2H3,(H,24,25,27,28). The Morgan fingerprint density at radius 1 is 1.26 bits per heavy atom. The smallest absolute Gasteiger partial charge is 0.264 e. The van der Waals surface area contributed by atoms with Crippen molar-refractivity contribution in [2.24, 2.45) is 0 Å². The van der Waals surface area contributed by atoms with Crippen LogP contribution >= 0.6 is 11.3 Å². The highest BCUT2D eigenvalue weighted by atomic mass is 32.1. The summed E-state index contributed by atoms with van der Waals surface area (Å²) in [5, 5.41) is 19.4. The molecular formula is C23H23N7O3S. The summed E-state index contributed by atoms with van der Waals surface area (Å²) in [5.74, 6) is 1.16. The molecule has 1 amide bonds. The molecular weight excluding hydrogens is 454 g/mol. The lowest BCUT2D eigenvalue weighted by Crippen LogP contribution is -2.52. The minimum Gasteiger partial charge on any atom is -0.486 e. The van der Waals surface area contributed by atoms with Crippen LogP contribution in [-0.4, -0.2) is 65.7 Å². The molecule has 0 atom stereocenters. The van der Waals surface area contributed by atoms with E-state index >= 15 is 0 Å². The summed E-state index contributed by atoms with van der Waals surface area (Å²) >= 11 is 1.50. The predicted octanol–water partition coefficient (Wildman–Crippen LogP) is 3.25. The van der Waals surface area contributed by atoms with Gasteiger partial charge in [0, 0.05) is 43.4 Å². The third-order valence-electron chi connectivity index (χ3n) is 6.79. The van der Waals surface area contributed by atoms with Crippen LogP contribution in [0.1, 0.15) is 51.9 Å². The number of aryl methyl sites for hydroxylation is 2. The van der Waals surface area contributed by atoms with Gasteiger partial charge in [-0.25, -0.2) is 5.10 Å². The Morgan fingerprint density at radius 2 is 2.09 bits per heavy atom. The van der Waals surface area contributed by atoms with E-state index in [9.17, 15) is 9.59 Å². The summed E-state index contributed by atoms with van der Waals surface area (Å²) in [5.41, 5.74) is 1.65. The fraction of sp³-hybridized carbons (Fsp3) is 0.391. The second kappa shape index (κ2) is 7.73. The van der Waals surface area contributed by atoms with Crippen LogP contribution in [-0.2, 0) is 6.54 Å². The van der Waals surface area contributed by atoms with Crippen molar-refractivity contribution in [3.8, 4) is 17.1 Å². The Labute approximate surface area is 198 Å². The lowest BCUT2D eigenvalue weighted by molar-refractivity contribution is -0.00557. The number of aromatic amines is 1. The Morgan fingerprint density at radius 3 is 2.82 bits per heavy atom. The highest BCUT2D eigenvalue weighted by Gasteiger charge is 2.44. The number of nitrogens with zero attached hydrogens (tertiary/aromatic N) is 6. The number of piperidine rings is 1. The van der Waals surface area contributed by atoms with Gasteiger partial charge in [0.05, 0.1) is 22.6 Å². The van der Waals surface area contributed by atoms with E-state index in [1.807, 2.05) is 35.6 Å². The molecule has 6 rings (SSSR count). The number of thiophene rings is 1. The van der Waals surface area contributed by atoms with Crippen LogP contribution in [0.5, 0.6) is 5.75 Å². The highest BCUT2D eigenvalue weighted by Crippen LogP contribution is 2.41. The predicted molar refractivity (Wildman–Crippen MR) is 125 cm³/mol. The molecule has 3 aromatic heterocycles. The van der Waals surface area contributed by atoms with Gasteiger partial charge in [-0.3, -0.25) is 14.3 Å². The van der Waals surface area contributed by atoms with Crippen molar-refractivity contribution >= 4 is 33.2 Å². The first kappa shape index (κ1) is 21.0. The third-order valence-corrected chi connectivity index (χ3v) is 7.92. The van der Waals surface area contributed by atoms with Crippen molar-refractivity contribution in [3.63, 3.8) is 0 Å². The van der Waals surface area contributed by atoms with E-state index < -0.39 is 5.60 Å². The van der Waals surface area contributed by atoms with Crippen molar-refractivity contribution in [1.29, 1.82) is 0 Å².